The summed E-state index contributed by atoms with van der Waals surface area (Å²) in [6, 6.07) is 7.05. The SMILES string of the molecule is CC(C)(C)C(Br)c1ccc2c(c1)CCCC2. The summed E-state index contributed by atoms with van der Waals surface area (Å²) in [5, 5.41) is 0. The molecule has 1 unspecified atom stereocenters. The third-order valence-corrected chi connectivity index (χ3v) is 5.33. The van der Waals surface area contributed by atoms with E-state index in [2.05, 4.69) is 54.9 Å². The van der Waals surface area contributed by atoms with Gasteiger partial charge in [0.1, 0.15) is 0 Å². The van der Waals surface area contributed by atoms with Crippen LogP contribution >= 0.6 is 15.9 Å². The van der Waals surface area contributed by atoms with Crippen LogP contribution in [0.4, 0.5) is 0 Å². The lowest BCUT2D eigenvalue weighted by atomic mass is 9.84. The second-order valence-corrected chi connectivity index (χ2v) is 6.88. The molecule has 0 saturated carbocycles. The third kappa shape index (κ3) is 2.51. The minimum Gasteiger partial charge on any atom is -0.0833 e. The molecule has 0 bridgehead atoms. The molecule has 0 aromatic heterocycles. The van der Waals surface area contributed by atoms with E-state index in [1.54, 1.807) is 11.1 Å². The van der Waals surface area contributed by atoms with Gasteiger partial charge in [0.2, 0.25) is 0 Å². The fourth-order valence-corrected chi connectivity index (χ4v) is 2.70. The molecule has 0 N–H and O–H groups in total. The van der Waals surface area contributed by atoms with Crippen molar-refractivity contribution in [1.29, 1.82) is 0 Å². The normalized spacial score (nSPS) is 18.0. The Labute approximate surface area is 108 Å². The van der Waals surface area contributed by atoms with Gasteiger partial charge in [-0.15, -0.1) is 0 Å². The molecule has 2 rings (SSSR count). The number of benzene rings is 1. The third-order valence-electron chi connectivity index (χ3n) is 3.43. The van der Waals surface area contributed by atoms with Crippen LogP contribution in [0.2, 0.25) is 0 Å². The van der Waals surface area contributed by atoms with Crippen LogP contribution in [0.25, 0.3) is 0 Å². The van der Waals surface area contributed by atoms with Crippen LogP contribution in [-0.2, 0) is 12.8 Å². The van der Waals surface area contributed by atoms with Gasteiger partial charge in [-0.25, -0.2) is 0 Å². The number of aryl methyl sites for hydroxylation is 2. The molecule has 0 heterocycles. The number of hydrogen-bond donors (Lipinski definition) is 0. The Hall–Kier alpha value is -0.300. The quantitative estimate of drug-likeness (QED) is 0.632. The Kier molecular flexibility index (Phi) is 3.44. The first-order valence-electron chi connectivity index (χ1n) is 6.24. The number of alkyl halides is 1. The van der Waals surface area contributed by atoms with E-state index < -0.39 is 0 Å². The highest BCUT2D eigenvalue weighted by Crippen LogP contribution is 2.41. The maximum absolute atomic E-state index is 3.83. The molecule has 0 radical (unpaired) electrons. The molecule has 1 aliphatic carbocycles. The van der Waals surface area contributed by atoms with E-state index in [4.69, 9.17) is 0 Å². The highest BCUT2D eigenvalue weighted by atomic mass is 79.9. The first kappa shape index (κ1) is 12.2. The van der Waals surface area contributed by atoms with Gasteiger partial charge < -0.3 is 0 Å². The zero-order chi connectivity index (χ0) is 11.8. The minimum atomic E-state index is 0.281. The Balaban J connectivity index is 2.30. The Morgan fingerprint density at radius 2 is 1.69 bits per heavy atom. The lowest BCUT2D eigenvalue weighted by molar-refractivity contribution is 0.407. The molecule has 0 aliphatic heterocycles. The van der Waals surface area contributed by atoms with Crippen molar-refractivity contribution in [2.45, 2.75) is 51.3 Å². The summed E-state index contributed by atoms with van der Waals surface area (Å²) in [6.45, 7) is 6.85. The minimum absolute atomic E-state index is 0.281. The molecule has 0 nitrogen and oxygen atoms in total. The van der Waals surface area contributed by atoms with Crippen molar-refractivity contribution in [3.63, 3.8) is 0 Å². The first-order chi connectivity index (χ1) is 7.48. The highest BCUT2D eigenvalue weighted by molar-refractivity contribution is 9.09. The van der Waals surface area contributed by atoms with Crippen LogP contribution < -0.4 is 0 Å². The van der Waals surface area contributed by atoms with Gasteiger partial charge >= 0.3 is 0 Å². The number of halogens is 1. The van der Waals surface area contributed by atoms with Crippen LogP contribution in [-0.4, -0.2) is 0 Å². The van der Waals surface area contributed by atoms with Gasteiger partial charge in [-0.1, -0.05) is 54.9 Å². The number of fused-ring (bicyclic) bond motifs is 1. The van der Waals surface area contributed by atoms with Gasteiger partial charge in [0.05, 0.1) is 0 Å². The summed E-state index contributed by atoms with van der Waals surface area (Å²) in [7, 11) is 0. The molecular formula is C15H21Br. The summed E-state index contributed by atoms with van der Waals surface area (Å²) < 4.78 is 0. The second kappa shape index (κ2) is 4.52. The Bertz CT molecular complexity index is 374. The summed E-state index contributed by atoms with van der Waals surface area (Å²) >= 11 is 3.83. The van der Waals surface area contributed by atoms with Gasteiger partial charge in [0.25, 0.3) is 0 Å². The van der Waals surface area contributed by atoms with E-state index in [0.717, 1.165) is 0 Å². The van der Waals surface area contributed by atoms with Gasteiger partial charge in [-0.05, 0) is 47.8 Å². The van der Waals surface area contributed by atoms with Crippen LogP contribution in [0.15, 0.2) is 18.2 Å². The average molecular weight is 281 g/mol. The molecule has 88 valence electrons. The number of hydrogen-bond acceptors (Lipinski definition) is 0. The van der Waals surface area contributed by atoms with Crippen molar-refractivity contribution in [2.75, 3.05) is 0 Å². The lowest BCUT2D eigenvalue weighted by Crippen LogP contribution is -2.14. The molecule has 1 aromatic carbocycles. The zero-order valence-corrected chi connectivity index (χ0v) is 12.1. The molecule has 1 heteroatoms. The van der Waals surface area contributed by atoms with E-state index in [1.165, 1.54) is 31.2 Å². The van der Waals surface area contributed by atoms with Gasteiger partial charge in [0, 0.05) is 4.83 Å². The maximum atomic E-state index is 3.83. The average Bonchev–Trinajstić information content (AvgIpc) is 2.26. The van der Waals surface area contributed by atoms with E-state index in [9.17, 15) is 0 Å². The van der Waals surface area contributed by atoms with Crippen molar-refractivity contribution in [3.05, 3.63) is 34.9 Å². The monoisotopic (exact) mass is 280 g/mol. The molecule has 1 aliphatic rings. The van der Waals surface area contributed by atoms with Crippen molar-refractivity contribution in [2.24, 2.45) is 5.41 Å². The second-order valence-electron chi connectivity index (χ2n) is 5.96. The smallest absolute Gasteiger partial charge is 0.0443 e. The molecular weight excluding hydrogens is 260 g/mol. The summed E-state index contributed by atoms with van der Waals surface area (Å²) in [5.74, 6) is 0. The predicted octanol–water partition coefficient (Wildman–Crippen LogP) is 5.05. The summed E-state index contributed by atoms with van der Waals surface area (Å²) in [4.78, 5) is 0.451. The fourth-order valence-electron chi connectivity index (χ4n) is 2.41. The van der Waals surface area contributed by atoms with Gasteiger partial charge in [0.15, 0.2) is 0 Å². The van der Waals surface area contributed by atoms with Crippen LogP contribution in [0, 0.1) is 5.41 Å². The zero-order valence-electron chi connectivity index (χ0n) is 10.5. The topological polar surface area (TPSA) is 0 Å². The molecule has 0 spiro atoms. The van der Waals surface area contributed by atoms with E-state index >= 15 is 0 Å². The maximum Gasteiger partial charge on any atom is 0.0443 e. The van der Waals surface area contributed by atoms with Crippen LogP contribution in [0.1, 0.15) is 55.1 Å². The summed E-state index contributed by atoms with van der Waals surface area (Å²) in [5.41, 5.74) is 4.87. The van der Waals surface area contributed by atoms with Crippen molar-refractivity contribution in [1.82, 2.24) is 0 Å². The Morgan fingerprint density at radius 1 is 1.06 bits per heavy atom. The van der Waals surface area contributed by atoms with Crippen LogP contribution in [0.3, 0.4) is 0 Å². The van der Waals surface area contributed by atoms with E-state index in [-0.39, 0.29) is 5.41 Å². The molecule has 0 amide bonds. The highest BCUT2D eigenvalue weighted by Gasteiger charge is 2.24. The summed E-state index contributed by atoms with van der Waals surface area (Å²) in [6.07, 6.45) is 5.27. The van der Waals surface area contributed by atoms with Gasteiger partial charge in [-0.2, -0.15) is 0 Å². The Morgan fingerprint density at radius 3 is 2.31 bits per heavy atom. The van der Waals surface area contributed by atoms with E-state index in [1.807, 2.05) is 0 Å². The van der Waals surface area contributed by atoms with E-state index in [0.29, 0.717) is 4.83 Å². The number of rotatable bonds is 1. The largest absolute Gasteiger partial charge is 0.0833 e. The van der Waals surface area contributed by atoms with Gasteiger partial charge in [-0.3, -0.25) is 0 Å². The predicted molar refractivity (Wildman–Crippen MR) is 74.2 cm³/mol. The standard InChI is InChI=1S/C15H21Br/c1-15(2,3)14(16)13-9-8-11-6-4-5-7-12(11)10-13/h8-10,14H,4-7H2,1-3H3. The fraction of sp³-hybridized carbons (Fsp3) is 0.600. The first-order valence-corrected chi connectivity index (χ1v) is 7.16. The van der Waals surface area contributed by atoms with Crippen molar-refractivity contribution in [3.8, 4) is 0 Å². The van der Waals surface area contributed by atoms with Crippen molar-refractivity contribution >= 4 is 15.9 Å². The van der Waals surface area contributed by atoms with Crippen LogP contribution in [0.5, 0.6) is 0 Å². The molecule has 1 aromatic rings. The molecule has 16 heavy (non-hydrogen) atoms. The lowest BCUT2D eigenvalue weighted by Gasteiger charge is -2.27. The molecule has 0 fully saturated rings. The van der Waals surface area contributed by atoms with Crippen molar-refractivity contribution < 1.29 is 0 Å². The molecule has 0 saturated heterocycles. The molecule has 1 atom stereocenters.